The van der Waals surface area contributed by atoms with Gasteiger partial charge in [-0.1, -0.05) is 0 Å². The molecule has 70 valence electrons. The number of carbonyl (C=O) groups is 1. The van der Waals surface area contributed by atoms with Crippen LogP contribution in [0.2, 0.25) is 0 Å². The lowest BCUT2D eigenvalue weighted by molar-refractivity contribution is 0.102. The summed E-state index contributed by atoms with van der Waals surface area (Å²) in [6.07, 6.45) is 0. The number of hydrogen-bond donors (Lipinski definition) is 2. The fraction of sp³-hybridized carbons (Fsp3) is 0.125. The maximum absolute atomic E-state index is 12.8. The van der Waals surface area contributed by atoms with E-state index < -0.39 is 5.82 Å². The fourth-order valence-corrected chi connectivity index (χ4v) is 1.07. The number of nitrogens with two attached hydrogens (primary N) is 2. The monoisotopic (exact) mass is 202 g/mol. The van der Waals surface area contributed by atoms with Crippen LogP contribution in [0.5, 0.6) is 0 Å². The first-order chi connectivity index (χ1) is 6.07. The standard InChI is InChI=1S/C8H8ClFN2O/c9-3-6(13)4-1-2-5(10)8(12)7(4)11/h1-2H,3,11-12H2. The first-order valence-corrected chi connectivity index (χ1v) is 4.04. The van der Waals surface area contributed by atoms with Gasteiger partial charge in [0, 0.05) is 5.56 Å². The van der Waals surface area contributed by atoms with E-state index in [4.69, 9.17) is 23.1 Å². The van der Waals surface area contributed by atoms with E-state index in [2.05, 4.69) is 0 Å². The van der Waals surface area contributed by atoms with Crippen LogP contribution >= 0.6 is 11.6 Å². The Morgan fingerprint density at radius 2 is 2.00 bits per heavy atom. The van der Waals surface area contributed by atoms with Crippen molar-refractivity contribution in [2.24, 2.45) is 0 Å². The number of anilines is 2. The Labute approximate surface area is 79.5 Å². The quantitative estimate of drug-likeness (QED) is 0.433. The van der Waals surface area contributed by atoms with Crippen molar-refractivity contribution in [2.45, 2.75) is 0 Å². The van der Waals surface area contributed by atoms with E-state index in [0.717, 1.165) is 6.07 Å². The van der Waals surface area contributed by atoms with E-state index in [1.807, 2.05) is 0 Å². The molecule has 0 saturated heterocycles. The molecule has 0 radical (unpaired) electrons. The van der Waals surface area contributed by atoms with Crippen LogP contribution < -0.4 is 11.5 Å². The highest BCUT2D eigenvalue weighted by molar-refractivity contribution is 6.31. The number of Topliss-reactive ketones (excluding diaryl/α,β-unsaturated/α-hetero) is 1. The van der Waals surface area contributed by atoms with Crippen LogP contribution in [0.15, 0.2) is 12.1 Å². The molecule has 0 saturated carbocycles. The van der Waals surface area contributed by atoms with Gasteiger partial charge in [-0.3, -0.25) is 4.79 Å². The number of carbonyl (C=O) groups excluding carboxylic acids is 1. The van der Waals surface area contributed by atoms with Gasteiger partial charge in [-0.15, -0.1) is 11.6 Å². The number of ketones is 1. The average Bonchev–Trinajstić information content (AvgIpc) is 2.13. The molecule has 0 spiro atoms. The van der Waals surface area contributed by atoms with Crippen molar-refractivity contribution in [3.8, 4) is 0 Å². The summed E-state index contributed by atoms with van der Waals surface area (Å²) in [5, 5.41) is 0. The smallest absolute Gasteiger partial charge is 0.179 e. The second-order valence-corrected chi connectivity index (χ2v) is 2.75. The Bertz CT molecular complexity index is 354. The van der Waals surface area contributed by atoms with Crippen molar-refractivity contribution in [1.29, 1.82) is 0 Å². The van der Waals surface area contributed by atoms with E-state index >= 15 is 0 Å². The van der Waals surface area contributed by atoms with Crippen LogP contribution in [-0.4, -0.2) is 11.7 Å². The van der Waals surface area contributed by atoms with Crippen molar-refractivity contribution in [1.82, 2.24) is 0 Å². The van der Waals surface area contributed by atoms with Gasteiger partial charge in [-0.2, -0.15) is 0 Å². The van der Waals surface area contributed by atoms with Gasteiger partial charge in [0.25, 0.3) is 0 Å². The summed E-state index contributed by atoms with van der Waals surface area (Å²) in [7, 11) is 0. The van der Waals surface area contributed by atoms with Gasteiger partial charge in [0.1, 0.15) is 5.82 Å². The zero-order chi connectivity index (χ0) is 10.0. The SMILES string of the molecule is Nc1c(F)ccc(C(=O)CCl)c1N. The van der Waals surface area contributed by atoms with E-state index in [0.29, 0.717) is 0 Å². The van der Waals surface area contributed by atoms with Crippen molar-refractivity contribution >= 4 is 28.8 Å². The van der Waals surface area contributed by atoms with Crippen LogP contribution in [0.3, 0.4) is 0 Å². The zero-order valence-corrected chi connectivity index (χ0v) is 7.44. The van der Waals surface area contributed by atoms with Crippen molar-refractivity contribution in [3.05, 3.63) is 23.5 Å². The molecule has 1 rings (SSSR count). The minimum absolute atomic E-state index is 0.0503. The number of halogens is 2. The summed E-state index contributed by atoms with van der Waals surface area (Å²) in [6.45, 7) is 0. The van der Waals surface area contributed by atoms with Crippen LogP contribution in [0.25, 0.3) is 0 Å². The van der Waals surface area contributed by atoms with Crippen molar-refractivity contribution in [3.63, 3.8) is 0 Å². The fourth-order valence-electron chi connectivity index (χ4n) is 0.925. The Kier molecular flexibility index (Phi) is 2.72. The van der Waals surface area contributed by atoms with Gasteiger partial charge < -0.3 is 11.5 Å². The van der Waals surface area contributed by atoms with Gasteiger partial charge in [0.15, 0.2) is 5.78 Å². The molecule has 5 heteroatoms. The van der Waals surface area contributed by atoms with Gasteiger partial charge >= 0.3 is 0 Å². The van der Waals surface area contributed by atoms with Crippen LogP contribution in [0.4, 0.5) is 15.8 Å². The molecule has 0 aliphatic carbocycles. The van der Waals surface area contributed by atoms with E-state index in [9.17, 15) is 9.18 Å². The molecule has 0 aromatic heterocycles. The van der Waals surface area contributed by atoms with Crippen LogP contribution in [-0.2, 0) is 0 Å². The maximum atomic E-state index is 12.8. The van der Waals surface area contributed by atoms with Crippen molar-refractivity contribution < 1.29 is 9.18 Å². The maximum Gasteiger partial charge on any atom is 0.179 e. The normalized spacial score (nSPS) is 10.0. The molecular weight excluding hydrogens is 195 g/mol. The third-order valence-electron chi connectivity index (χ3n) is 1.66. The van der Waals surface area contributed by atoms with Gasteiger partial charge in [-0.05, 0) is 12.1 Å². The molecule has 4 N–H and O–H groups in total. The zero-order valence-electron chi connectivity index (χ0n) is 6.68. The number of rotatable bonds is 2. The Hall–Kier alpha value is -1.29. The Morgan fingerprint density at radius 1 is 1.38 bits per heavy atom. The number of benzene rings is 1. The average molecular weight is 203 g/mol. The molecule has 3 nitrogen and oxygen atoms in total. The van der Waals surface area contributed by atoms with Gasteiger partial charge in [0.2, 0.25) is 0 Å². The number of hydrogen-bond acceptors (Lipinski definition) is 3. The molecule has 0 heterocycles. The lowest BCUT2D eigenvalue weighted by Crippen LogP contribution is -2.08. The summed E-state index contributed by atoms with van der Waals surface area (Å²) in [5.74, 6) is -1.20. The molecule has 1 aromatic carbocycles. The Balaban J connectivity index is 3.26. The molecule has 0 bridgehead atoms. The number of nitrogen functional groups attached to an aromatic ring is 2. The molecule has 0 atom stereocenters. The molecule has 0 unspecified atom stereocenters. The molecular formula is C8H8ClFN2O. The lowest BCUT2D eigenvalue weighted by Gasteiger charge is -2.06. The van der Waals surface area contributed by atoms with Gasteiger partial charge in [0.05, 0.1) is 17.3 Å². The minimum Gasteiger partial charge on any atom is -0.396 e. The molecule has 1 aromatic rings. The second-order valence-electron chi connectivity index (χ2n) is 2.48. The van der Waals surface area contributed by atoms with Crippen molar-refractivity contribution in [2.75, 3.05) is 17.3 Å². The van der Waals surface area contributed by atoms with Crippen LogP contribution in [0, 0.1) is 5.82 Å². The molecule has 13 heavy (non-hydrogen) atoms. The molecule has 0 aliphatic heterocycles. The van der Waals surface area contributed by atoms with Crippen LogP contribution in [0.1, 0.15) is 10.4 Å². The minimum atomic E-state index is -0.636. The second kappa shape index (κ2) is 3.62. The Morgan fingerprint density at radius 3 is 2.54 bits per heavy atom. The molecule has 0 amide bonds. The summed E-state index contributed by atoms with van der Waals surface area (Å²) < 4.78 is 12.8. The lowest BCUT2D eigenvalue weighted by atomic mass is 10.1. The third kappa shape index (κ3) is 1.72. The van der Waals surface area contributed by atoms with E-state index in [-0.39, 0.29) is 28.6 Å². The highest BCUT2D eigenvalue weighted by atomic mass is 35.5. The van der Waals surface area contributed by atoms with E-state index in [1.165, 1.54) is 6.07 Å². The summed E-state index contributed by atoms with van der Waals surface area (Å²) in [5.41, 5.74) is 10.6. The third-order valence-corrected chi connectivity index (χ3v) is 1.90. The highest BCUT2D eigenvalue weighted by Crippen LogP contribution is 2.23. The summed E-state index contributed by atoms with van der Waals surface area (Å²) >= 11 is 5.31. The molecule has 0 aliphatic rings. The van der Waals surface area contributed by atoms with E-state index in [1.54, 1.807) is 0 Å². The first-order valence-electron chi connectivity index (χ1n) is 3.50. The number of alkyl halides is 1. The summed E-state index contributed by atoms with van der Waals surface area (Å²) in [4.78, 5) is 11.1. The predicted molar refractivity (Wildman–Crippen MR) is 50.3 cm³/mol. The topological polar surface area (TPSA) is 69.1 Å². The summed E-state index contributed by atoms with van der Waals surface area (Å²) in [6, 6.07) is 2.36. The predicted octanol–water partition coefficient (Wildman–Crippen LogP) is 1.41. The largest absolute Gasteiger partial charge is 0.396 e. The van der Waals surface area contributed by atoms with Gasteiger partial charge in [-0.25, -0.2) is 4.39 Å². The first kappa shape index (κ1) is 9.80. The molecule has 0 fully saturated rings. The highest BCUT2D eigenvalue weighted by Gasteiger charge is 2.12.